The van der Waals surface area contributed by atoms with Crippen molar-refractivity contribution in [1.29, 1.82) is 0 Å². The average Bonchev–Trinajstić information content (AvgIpc) is 2.62. The lowest BCUT2D eigenvalue weighted by Crippen LogP contribution is -2.52. The van der Waals surface area contributed by atoms with E-state index in [4.69, 9.17) is 0 Å². The molecule has 128 valence electrons. The molecule has 2 aromatic carbocycles. The number of hydrogen-bond donors (Lipinski definition) is 2. The van der Waals surface area contributed by atoms with Gasteiger partial charge in [0.25, 0.3) is 0 Å². The maximum atomic E-state index is 11.6. The van der Waals surface area contributed by atoms with Gasteiger partial charge in [0.2, 0.25) is 0 Å². The van der Waals surface area contributed by atoms with Gasteiger partial charge in [0.15, 0.2) is 0 Å². The molecular weight excluding hydrogens is 294 g/mol. The van der Waals surface area contributed by atoms with Gasteiger partial charge in [-0.1, -0.05) is 80.9 Å². The molecule has 1 aliphatic heterocycles. The molecule has 1 aliphatic rings. The Balaban J connectivity index is 1.98. The molecule has 2 nitrogen and oxygen atoms in total. The third-order valence-electron chi connectivity index (χ3n) is 5.51. The standard InChI is InChI=1S/C22H29NO/c1-3-15-22(24)16-20(17-11-7-5-8-12-17)23-21(19(22)4-2)18-13-9-6-10-14-18/h5-14,19-21,23-24H,3-4,15-16H2,1-2H3/t19-,20-,21+,22+/m1/s1. The first kappa shape index (κ1) is 17.2. The van der Waals surface area contributed by atoms with Gasteiger partial charge in [-0.15, -0.1) is 0 Å². The minimum atomic E-state index is -0.615. The molecule has 2 heteroatoms. The highest BCUT2D eigenvalue weighted by atomic mass is 16.3. The number of piperidine rings is 1. The molecule has 0 unspecified atom stereocenters. The highest BCUT2D eigenvalue weighted by Gasteiger charge is 2.46. The highest BCUT2D eigenvalue weighted by molar-refractivity contribution is 5.26. The molecule has 1 fully saturated rings. The molecule has 0 spiro atoms. The number of aliphatic hydroxyl groups is 1. The van der Waals surface area contributed by atoms with Crippen molar-refractivity contribution >= 4 is 0 Å². The Kier molecular flexibility index (Phi) is 5.37. The molecule has 0 saturated carbocycles. The van der Waals surface area contributed by atoms with Crippen molar-refractivity contribution in [2.45, 2.75) is 57.2 Å². The summed E-state index contributed by atoms with van der Waals surface area (Å²) in [4.78, 5) is 0. The van der Waals surface area contributed by atoms with Crippen molar-refractivity contribution in [3.63, 3.8) is 0 Å². The van der Waals surface area contributed by atoms with Crippen molar-refractivity contribution < 1.29 is 5.11 Å². The van der Waals surface area contributed by atoms with E-state index in [1.54, 1.807) is 0 Å². The van der Waals surface area contributed by atoms with Gasteiger partial charge in [0, 0.05) is 18.0 Å². The van der Waals surface area contributed by atoms with Crippen LogP contribution >= 0.6 is 0 Å². The first-order chi connectivity index (χ1) is 11.7. The molecule has 24 heavy (non-hydrogen) atoms. The molecule has 0 radical (unpaired) electrons. The van der Waals surface area contributed by atoms with Crippen LogP contribution in [0.2, 0.25) is 0 Å². The first-order valence-electron chi connectivity index (χ1n) is 9.26. The normalized spacial score (nSPS) is 30.2. The predicted molar refractivity (Wildman–Crippen MR) is 99.8 cm³/mol. The van der Waals surface area contributed by atoms with Gasteiger partial charge in [0.05, 0.1) is 5.60 Å². The Labute approximate surface area is 145 Å². The van der Waals surface area contributed by atoms with E-state index in [2.05, 4.69) is 73.8 Å². The summed E-state index contributed by atoms with van der Waals surface area (Å²) in [6.45, 7) is 4.37. The monoisotopic (exact) mass is 323 g/mol. The van der Waals surface area contributed by atoms with Gasteiger partial charge in [-0.05, 0) is 30.4 Å². The van der Waals surface area contributed by atoms with Gasteiger partial charge in [0.1, 0.15) is 0 Å². The SMILES string of the molecule is CCC[C@]1(O)C[C@H](c2ccccc2)N[C@@H](c2ccccc2)[C@H]1CC. The van der Waals surface area contributed by atoms with Crippen LogP contribution in [0.5, 0.6) is 0 Å². The van der Waals surface area contributed by atoms with E-state index in [0.717, 1.165) is 25.7 Å². The topological polar surface area (TPSA) is 32.3 Å². The van der Waals surface area contributed by atoms with E-state index in [1.807, 2.05) is 6.07 Å². The number of hydrogen-bond acceptors (Lipinski definition) is 2. The molecule has 4 atom stereocenters. The molecule has 0 aliphatic carbocycles. The van der Waals surface area contributed by atoms with Gasteiger partial charge in [-0.25, -0.2) is 0 Å². The Morgan fingerprint density at radius 3 is 2.08 bits per heavy atom. The number of nitrogens with one attached hydrogen (secondary N) is 1. The summed E-state index contributed by atoms with van der Waals surface area (Å²) in [7, 11) is 0. The molecule has 1 saturated heterocycles. The zero-order chi connectivity index (χ0) is 17.0. The van der Waals surface area contributed by atoms with Crippen LogP contribution in [0.25, 0.3) is 0 Å². The zero-order valence-corrected chi connectivity index (χ0v) is 14.8. The molecule has 0 amide bonds. The quantitative estimate of drug-likeness (QED) is 0.810. The fourth-order valence-electron chi connectivity index (χ4n) is 4.43. The molecule has 2 N–H and O–H groups in total. The van der Waals surface area contributed by atoms with E-state index >= 15 is 0 Å². The largest absolute Gasteiger partial charge is 0.389 e. The van der Waals surface area contributed by atoms with Gasteiger partial charge in [-0.2, -0.15) is 0 Å². The van der Waals surface area contributed by atoms with Crippen LogP contribution < -0.4 is 5.32 Å². The second-order valence-corrected chi connectivity index (χ2v) is 7.09. The van der Waals surface area contributed by atoms with E-state index in [1.165, 1.54) is 11.1 Å². The lowest BCUT2D eigenvalue weighted by atomic mass is 9.68. The summed E-state index contributed by atoms with van der Waals surface area (Å²) in [5, 5.41) is 15.4. The maximum absolute atomic E-state index is 11.6. The Morgan fingerprint density at radius 2 is 1.54 bits per heavy atom. The third kappa shape index (κ3) is 3.40. The number of rotatable bonds is 5. The second-order valence-electron chi connectivity index (χ2n) is 7.09. The third-order valence-corrected chi connectivity index (χ3v) is 5.51. The van der Waals surface area contributed by atoms with Crippen LogP contribution in [0.4, 0.5) is 0 Å². The van der Waals surface area contributed by atoms with Gasteiger partial charge >= 0.3 is 0 Å². The van der Waals surface area contributed by atoms with E-state index in [0.29, 0.717) is 0 Å². The predicted octanol–water partition coefficient (Wildman–Crippen LogP) is 5.02. The fourth-order valence-corrected chi connectivity index (χ4v) is 4.43. The van der Waals surface area contributed by atoms with Crippen LogP contribution in [0.15, 0.2) is 60.7 Å². The van der Waals surface area contributed by atoms with Crippen molar-refractivity contribution in [2.75, 3.05) is 0 Å². The van der Waals surface area contributed by atoms with E-state index in [9.17, 15) is 5.11 Å². The highest BCUT2D eigenvalue weighted by Crippen LogP contribution is 2.46. The summed E-state index contributed by atoms with van der Waals surface area (Å²) in [5.41, 5.74) is 1.93. The van der Waals surface area contributed by atoms with Crippen molar-refractivity contribution in [3.05, 3.63) is 71.8 Å². The van der Waals surface area contributed by atoms with Crippen LogP contribution in [-0.4, -0.2) is 10.7 Å². The minimum absolute atomic E-state index is 0.187. The minimum Gasteiger partial charge on any atom is -0.389 e. The van der Waals surface area contributed by atoms with Gasteiger partial charge in [-0.3, -0.25) is 0 Å². The Hall–Kier alpha value is -1.64. The van der Waals surface area contributed by atoms with Crippen molar-refractivity contribution in [1.82, 2.24) is 5.32 Å². The Morgan fingerprint density at radius 1 is 0.958 bits per heavy atom. The first-order valence-corrected chi connectivity index (χ1v) is 9.26. The van der Waals surface area contributed by atoms with Crippen molar-refractivity contribution in [3.8, 4) is 0 Å². The van der Waals surface area contributed by atoms with Crippen LogP contribution in [0.3, 0.4) is 0 Å². The van der Waals surface area contributed by atoms with Crippen LogP contribution in [0, 0.1) is 5.92 Å². The summed E-state index contributed by atoms with van der Waals surface area (Å²) < 4.78 is 0. The van der Waals surface area contributed by atoms with Crippen LogP contribution in [0.1, 0.15) is 62.7 Å². The van der Waals surface area contributed by atoms with Gasteiger partial charge < -0.3 is 10.4 Å². The summed E-state index contributed by atoms with van der Waals surface area (Å²) in [6, 6.07) is 21.5. The van der Waals surface area contributed by atoms with E-state index in [-0.39, 0.29) is 18.0 Å². The molecular formula is C22H29NO. The lowest BCUT2D eigenvalue weighted by Gasteiger charge is -2.49. The smallest absolute Gasteiger partial charge is 0.0711 e. The Bertz CT molecular complexity index is 627. The molecule has 2 aromatic rings. The maximum Gasteiger partial charge on any atom is 0.0711 e. The summed E-state index contributed by atoms with van der Waals surface area (Å²) in [6.07, 6.45) is 3.63. The zero-order valence-electron chi connectivity index (χ0n) is 14.8. The molecule has 0 aromatic heterocycles. The van der Waals surface area contributed by atoms with E-state index < -0.39 is 5.60 Å². The summed E-state index contributed by atoms with van der Waals surface area (Å²) >= 11 is 0. The summed E-state index contributed by atoms with van der Waals surface area (Å²) in [5.74, 6) is 0.236. The fraction of sp³-hybridized carbons (Fsp3) is 0.455. The number of benzene rings is 2. The second kappa shape index (κ2) is 7.50. The molecule has 1 heterocycles. The van der Waals surface area contributed by atoms with Crippen LogP contribution in [-0.2, 0) is 0 Å². The molecule has 3 rings (SSSR count). The average molecular weight is 323 g/mol. The molecule has 0 bridgehead atoms. The van der Waals surface area contributed by atoms with Crippen molar-refractivity contribution in [2.24, 2.45) is 5.92 Å². The lowest BCUT2D eigenvalue weighted by molar-refractivity contribution is -0.0827.